The van der Waals surface area contributed by atoms with Gasteiger partial charge in [-0.25, -0.2) is 4.39 Å². The molecule has 3 nitrogen and oxygen atoms in total. The number of hydrogen-bond donors (Lipinski definition) is 1. The molecule has 1 aromatic carbocycles. The number of ether oxygens (including phenoxy) is 2. The van der Waals surface area contributed by atoms with Gasteiger partial charge in [-0.05, 0) is 13.0 Å². The topological polar surface area (TPSA) is 44.5 Å². The maximum absolute atomic E-state index is 13.2. The highest BCUT2D eigenvalue weighted by Gasteiger charge is 2.18. The normalized spacial score (nSPS) is 19.0. The molecule has 17 heavy (non-hydrogen) atoms. The molecule has 0 aliphatic carbocycles. The van der Waals surface area contributed by atoms with Gasteiger partial charge in [-0.2, -0.15) is 0 Å². The fourth-order valence-corrected chi connectivity index (χ4v) is 1.96. The van der Waals surface area contributed by atoms with E-state index in [4.69, 9.17) is 15.2 Å². The third-order valence-corrected chi connectivity index (χ3v) is 2.93. The van der Waals surface area contributed by atoms with E-state index in [1.807, 2.05) is 6.92 Å². The Bertz CT molecular complexity index is 376. The molecule has 0 saturated carbocycles. The van der Waals surface area contributed by atoms with Crippen LogP contribution in [-0.2, 0) is 4.74 Å². The first-order chi connectivity index (χ1) is 8.16. The number of halogens is 1. The maximum atomic E-state index is 13.2. The number of rotatable bonds is 3. The van der Waals surface area contributed by atoms with E-state index in [0.717, 1.165) is 18.4 Å². The van der Waals surface area contributed by atoms with Crippen molar-refractivity contribution >= 4 is 0 Å². The van der Waals surface area contributed by atoms with Crippen LogP contribution in [-0.4, -0.2) is 19.3 Å². The van der Waals surface area contributed by atoms with E-state index in [2.05, 4.69) is 0 Å². The van der Waals surface area contributed by atoms with Crippen LogP contribution in [0.25, 0.3) is 0 Å². The predicted octanol–water partition coefficient (Wildman–Crippen LogP) is 2.40. The Morgan fingerprint density at radius 3 is 2.76 bits per heavy atom. The minimum atomic E-state index is -0.295. The summed E-state index contributed by atoms with van der Waals surface area (Å²) in [6.07, 6.45) is 1.78. The first-order valence-corrected chi connectivity index (χ1v) is 5.96. The molecule has 1 atom stereocenters. The Morgan fingerprint density at radius 2 is 2.12 bits per heavy atom. The van der Waals surface area contributed by atoms with E-state index in [1.54, 1.807) is 6.07 Å². The van der Waals surface area contributed by atoms with E-state index in [-0.39, 0.29) is 18.0 Å². The van der Waals surface area contributed by atoms with Crippen LogP contribution in [0.5, 0.6) is 5.75 Å². The molecule has 0 aromatic heterocycles. The summed E-state index contributed by atoms with van der Waals surface area (Å²) < 4.78 is 24.3. The summed E-state index contributed by atoms with van der Waals surface area (Å²) in [5, 5.41) is 0. The fourth-order valence-electron chi connectivity index (χ4n) is 1.96. The Hall–Kier alpha value is -1.13. The molecule has 0 radical (unpaired) electrons. The predicted molar refractivity (Wildman–Crippen MR) is 63.5 cm³/mol. The van der Waals surface area contributed by atoms with E-state index in [0.29, 0.717) is 19.0 Å². The van der Waals surface area contributed by atoms with E-state index < -0.39 is 0 Å². The second-order valence-electron chi connectivity index (χ2n) is 4.40. The van der Waals surface area contributed by atoms with E-state index >= 15 is 0 Å². The molecule has 1 aliphatic heterocycles. The zero-order valence-corrected chi connectivity index (χ0v) is 9.99. The summed E-state index contributed by atoms with van der Waals surface area (Å²) in [6.45, 7) is 3.27. The van der Waals surface area contributed by atoms with Crippen LogP contribution in [0.4, 0.5) is 4.39 Å². The van der Waals surface area contributed by atoms with Gasteiger partial charge in [0.15, 0.2) is 0 Å². The summed E-state index contributed by atoms with van der Waals surface area (Å²) in [5.74, 6) is 0.267. The second-order valence-corrected chi connectivity index (χ2v) is 4.40. The van der Waals surface area contributed by atoms with Crippen molar-refractivity contribution in [2.75, 3.05) is 13.2 Å². The maximum Gasteiger partial charge on any atom is 0.127 e. The largest absolute Gasteiger partial charge is 0.490 e. The third kappa shape index (κ3) is 3.17. The van der Waals surface area contributed by atoms with Gasteiger partial charge in [-0.15, -0.1) is 0 Å². The van der Waals surface area contributed by atoms with Gasteiger partial charge in [0, 0.05) is 30.5 Å². The van der Waals surface area contributed by atoms with Crippen LogP contribution in [0.2, 0.25) is 0 Å². The van der Waals surface area contributed by atoms with Crippen molar-refractivity contribution in [3.63, 3.8) is 0 Å². The monoisotopic (exact) mass is 239 g/mol. The van der Waals surface area contributed by atoms with Gasteiger partial charge in [0.25, 0.3) is 0 Å². The molecule has 2 rings (SSSR count). The molecule has 0 spiro atoms. The zero-order chi connectivity index (χ0) is 12.3. The molecule has 0 unspecified atom stereocenters. The molecular weight excluding hydrogens is 221 g/mol. The lowest BCUT2D eigenvalue weighted by Crippen LogP contribution is -2.26. The number of nitrogens with two attached hydrogens (primary N) is 1. The van der Waals surface area contributed by atoms with Crippen molar-refractivity contribution in [3.8, 4) is 5.75 Å². The summed E-state index contributed by atoms with van der Waals surface area (Å²) in [6, 6.07) is 4.35. The van der Waals surface area contributed by atoms with Gasteiger partial charge < -0.3 is 15.2 Å². The fraction of sp³-hybridized carbons (Fsp3) is 0.538. The zero-order valence-electron chi connectivity index (χ0n) is 9.99. The quantitative estimate of drug-likeness (QED) is 0.881. The Morgan fingerprint density at radius 1 is 1.41 bits per heavy atom. The highest BCUT2D eigenvalue weighted by atomic mass is 19.1. The lowest BCUT2D eigenvalue weighted by atomic mass is 10.1. The van der Waals surface area contributed by atoms with Crippen molar-refractivity contribution < 1.29 is 13.9 Å². The average molecular weight is 239 g/mol. The highest BCUT2D eigenvalue weighted by molar-refractivity contribution is 5.36. The second kappa shape index (κ2) is 5.47. The minimum Gasteiger partial charge on any atom is -0.490 e. The Kier molecular flexibility index (Phi) is 3.97. The Labute approximate surface area is 101 Å². The van der Waals surface area contributed by atoms with Crippen molar-refractivity contribution in [2.45, 2.75) is 31.9 Å². The van der Waals surface area contributed by atoms with Crippen LogP contribution >= 0.6 is 0 Å². The summed E-state index contributed by atoms with van der Waals surface area (Å²) in [4.78, 5) is 0. The molecule has 1 saturated heterocycles. The van der Waals surface area contributed by atoms with Gasteiger partial charge in [0.05, 0.1) is 13.2 Å². The van der Waals surface area contributed by atoms with Crippen molar-refractivity contribution in [1.82, 2.24) is 0 Å². The van der Waals surface area contributed by atoms with Gasteiger partial charge >= 0.3 is 0 Å². The van der Waals surface area contributed by atoms with Gasteiger partial charge in [0.2, 0.25) is 0 Å². The molecule has 0 amide bonds. The molecule has 4 heteroatoms. The lowest BCUT2D eigenvalue weighted by Gasteiger charge is -2.25. The molecule has 1 fully saturated rings. The van der Waals surface area contributed by atoms with Crippen LogP contribution in [0.3, 0.4) is 0 Å². The van der Waals surface area contributed by atoms with E-state index in [9.17, 15) is 4.39 Å². The van der Waals surface area contributed by atoms with Crippen molar-refractivity contribution in [1.29, 1.82) is 0 Å². The lowest BCUT2D eigenvalue weighted by molar-refractivity contribution is 0.0250. The van der Waals surface area contributed by atoms with Crippen LogP contribution in [0, 0.1) is 5.82 Å². The minimum absolute atomic E-state index is 0.100. The number of hydrogen-bond acceptors (Lipinski definition) is 3. The van der Waals surface area contributed by atoms with Crippen LogP contribution in [0.1, 0.15) is 31.4 Å². The molecule has 94 valence electrons. The third-order valence-electron chi connectivity index (χ3n) is 2.93. The van der Waals surface area contributed by atoms with Gasteiger partial charge in [-0.1, -0.05) is 6.07 Å². The SMILES string of the molecule is C[C@@H](N)c1ccc(F)cc1OC1CCOCC1. The smallest absolute Gasteiger partial charge is 0.127 e. The first-order valence-electron chi connectivity index (χ1n) is 5.96. The standard InChI is InChI=1S/C13H18FNO2/c1-9(15)12-3-2-10(14)8-13(12)17-11-4-6-16-7-5-11/h2-3,8-9,11H,4-7,15H2,1H3/t9-/m1/s1. The molecule has 0 bridgehead atoms. The summed E-state index contributed by atoms with van der Waals surface area (Å²) >= 11 is 0. The summed E-state index contributed by atoms with van der Waals surface area (Å²) in [7, 11) is 0. The van der Waals surface area contributed by atoms with Crippen molar-refractivity contribution in [3.05, 3.63) is 29.6 Å². The number of benzene rings is 1. The highest BCUT2D eigenvalue weighted by Crippen LogP contribution is 2.27. The molecule has 1 heterocycles. The van der Waals surface area contributed by atoms with Crippen LogP contribution in [0.15, 0.2) is 18.2 Å². The van der Waals surface area contributed by atoms with Gasteiger partial charge in [-0.3, -0.25) is 0 Å². The average Bonchev–Trinajstić information content (AvgIpc) is 2.30. The van der Waals surface area contributed by atoms with Crippen LogP contribution < -0.4 is 10.5 Å². The molecule has 2 N–H and O–H groups in total. The molecule has 1 aliphatic rings. The first kappa shape index (κ1) is 12.3. The molecule has 1 aromatic rings. The Balaban J connectivity index is 2.14. The summed E-state index contributed by atoms with van der Waals surface area (Å²) in [5.41, 5.74) is 6.69. The van der Waals surface area contributed by atoms with Gasteiger partial charge in [0.1, 0.15) is 17.7 Å². The van der Waals surface area contributed by atoms with E-state index in [1.165, 1.54) is 12.1 Å². The molecular formula is C13H18FNO2. The van der Waals surface area contributed by atoms with Crippen molar-refractivity contribution in [2.24, 2.45) is 5.73 Å².